The second-order valence-corrected chi connectivity index (χ2v) is 9.97. The molecular formula is C25H25F4N7OS. The van der Waals surface area contributed by atoms with Crippen LogP contribution in [0.3, 0.4) is 0 Å². The number of piperidine rings is 1. The van der Waals surface area contributed by atoms with Crippen molar-refractivity contribution in [1.29, 1.82) is 0 Å². The van der Waals surface area contributed by atoms with Gasteiger partial charge in [-0.3, -0.25) is 9.50 Å². The van der Waals surface area contributed by atoms with Crippen LogP contribution in [0.15, 0.2) is 41.7 Å². The zero-order valence-corrected chi connectivity index (χ0v) is 21.4. The molecule has 0 amide bonds. The van der Waals surface area contributed by atoms with Gasteiger partial charge in [-0.05, 0) is 37.6 Å². The molecular weight excluding hydrogens is 522 g/mol. The lowest BCUT2D eigenvalue weighted by Gasteiger charge is -2.33. The van der Waals surface area contributed by atoms with Gasteiger partial charge in [0.05, 0.1) is 42.8 Å². The van der Waals surface area contributed by atoms with Crippen molar-refractivity contribution in [2.75, 3.05) is 44.4 Å². The molecule has 2 atom stereocenters. The lowest BCUT2D eigenvalue weighted by atomic mass is 10.0. The van der Waals surface area contributed by atoms with Crippen LogP contribution in [-0.4, -0.2) is 76.0 Å². The molecule has 3 aromatic heterocycles. The highest BCUT2D eigenvalue weighted by Crippen LogP contribution is 2.39. The van der Waals surface area contributed by atoms with E-state index in [-0.39, 0.29) is 41.2 Å². The summed E-state index contributed by atoms with van der Waals surface area (Å²) in [4.78, 5) is 6.33. The van der Waals surface area contributed by atoms with Gasteiger partial charge in [0, 0.05) is 42.5 Å². The number of thioether (sulfide) groups is 1. The number of pyridine rings is 1. The van der Waals surface area contributed by atoms with Crippen molar-refractivity contribution in [3.63, 3.8) is 0 Å². The van der Waals surface area contributed by atoms with E-state index in [0.717, 1.165) is 10.9 Å². The van der Waals surface area contributed by atoms with Gasteiger partial charge >= 0.3 is 5.51 Å². The van der Waals surface area contributed by atoms with Crippen molar-refractivity contribution in [2.45, 2.75) is 29.2 Å². The first-order chi connectivity index (χ1) is 18.2. The van der Waals surface area contributed by atoms with Gasteiger partial charge < -0.3 is 20.3 Å². The summed E-state index contributed by atoms with van der Waals surface area (Å²) in [6, 6.07) is 6.46. The highest BCUT2D eigenvalue weighted by Gasteiger charge is 2.33. The van der Waals surface area contributed by atoms with Crippen LogP contribution in [-0.2, 0) is 0 Å². The van der Waals surface area contributed by atoms with Gasteiger partial charge in [-0.15, -0.1) is 0 Å². The van der Waals surface area contributed by atoms with Crippen molar-refractivity contribution in [2.24, 2.45) is 0 Å². The Morgan fingerprint density at radius 2 is 2.13 bits per heavy atom. The molecule has 8 nitrogen and oxygen atoms in total. The predicted molar refractivity (Wildman–Crippen MR) is 140 cm³/mol. The molecule has 1 saturated heterocycles. The van der Waals surface area contributed by atoms with Crippen LogP contribution in [0.1, 0.15) is 12.1 Å². The number of nitrogens with zero attached hydrogens (tertiary/aromatic N) is 4. The molecule has 38 heavy (non-hydrogen) atoms. The summed E-state index contributed by atoms with van der Waals surface area (Å²) in [5, 5.41) is 13.9. The molecule has 200 valence electrons. The maximum Gasteiger partial charge on any atom is 0.447 e. The first-order valence-electron chi connectivity index (χ1n) is 11.8. The molecule has 0 radical (unpaired) electrons. The van der Waals surface area contributed by atoms with Gasteiger partial charge in [-0.1, -0.05) is 5.92 Å². The Labute approximate surface area is 220 Å². The van der Waals surface area contributed by atoms with E-state index in [9.17, 15) is 17.6 Å². The van der Waals surface area contributed by atoms with Gasteiger partial charge in [0.15, 0.2) is 5.65 Å². The number of benzene rings is 1. The maximum absolute atomic E-state index is 14.6. The van der Waals surface area contributed by atoms with Gasteiger partial charge in [0.25, 0.3) is 0 Å². The SMILES string of the molecule is COc1cc2[nH]ncc2cc1NCC#Cc1nc2c(N[C@@H]3CCN(C)C[C@@H]3F)cccn2c1SC(F)(F)F. The van der Waals surface area contributed by atoms with E-state index >= 15 is 0 Å². The molecule has 4 aromatic rings. The lowest BCUT2D eigenvalue weighted by Crippen LogP contribution is -2.46. The zero-order chi connectivity index (χ0) is 26.9. The molecule has 1 fully saturated rings. The molecule has 1 aromatic carbocycles. The van der Waals surface area contributed by atoms with Crippen LogP contribution in [0, 0.1) is 11.8 Å². The molecule has 4 heterocycles. The molecule has 1 aliphatic heterocycles. The molecule has 5 rings (SSSR count). The third-order valence-electron chi connectivity index (χ3n) is 6.24. The number of aromatic nitrogens is 4. The van der Waals surface area contributed by atoms with Crippen LogP contribution in [0.4, 0.5) is 28.9 Å². The lowest BCUT2D eigenvalue weighted by molar-refractivity contribution is -0.0329. The summed E-state index contributed by atoms with van der Waals surface area (Å²) in [7, 11) is 3.39. The molecule has 0 bridgehead atoms. The third kappa shape index (κ3) is 5.61. The summed E-state index contributed by atoms with van der Waals surface area (Å²) in [6.45, 7) is 1.13. The Bertz CT molecular complexity index is 1510. The van der Waals surface area contributed by atoms with E-state index in [1.165, 1.54) is 17.7 Å². The number of halogens is 4. The van der Waals surface area contributed by atoms with E-state index in [4.69, 9.17) is 4.74 Å². The second-order valence-electron chi connectivity index (χ2n) is 8.91. The Balaban J connectivity index is 1.42. The number of H-pyrrole nitrogens is 1. The molecule has 0 spiro atoms. The molecule has 0 saturated carbocycles. The second kappa shape index (κ2) is 10.6. The van der Waals surface area contributed by atoms with E-state index in [0.29, 0.717) is 30.1 Å². The Morgan fingerprint density at radius 3 is 2.89 bits per heavy atom. The number of nitrogens with one attached hydrogen (secondary N) is 3. The largest absolute Gasteiger partial charge is 0.495 e. The van der Waals surface area contributed by atoms with Crippen molar-refractivity contribution in [3.05, 3.63) is 42.4 Å². The topological polar surface area (TPSA) is 82.5 Å². The normalized spacial score (nSPS) is 18.4. The average molecular weight is 548 g/mol. The third-order valence-corrected chi connectivity index (χ3v) is 7.05. The van der Waals surface area contributed by atoms with E-state index in [1.807, 2.05) is 18.0 Å². The first kappa shape index (κ1) is 26.0. The Kier molecular flexibility index (Phi) is 7.27. The molecule has 1 aliphatic rings. The van der Waals surface area contributed by atoms with Crippen molar-refractivity contribution in [1.82, 2.24) is 24.5 Å². The average Bonchev–Trinajstić information content (AvgIpc) is 3.46. The van der Waals surface area contributed by atoms with Crippen LogP contribution in [0.25, 0.3) is 16.6 Å². The van der Waals surface area contributed by atoms with Crippen LogP contribution in [0.2, 0.25) is 0 Å². The standard InChI is InChI=1S/C25H25F4N7OS/c1-35-10-7-17(16(26)14-35)32-18-6-4-9-36-23(18)33-19(24(36)38-25(27,28)29)5-3-8-30-21-11-15-13-31-34-20(15)12-22(21)37-2/h4,6,9,11-13,16-17,30,32H,7-8,10,14H2,1-2H3,(H,31,34)/t16-,17+/m0/s1. The maximum atomic E-state index is 14.6. The number of methoxy groups -OCH3 is 1. The molecule has 0 unspecified atom stereocenters. The predicted octanol–water partition coefficient (Wildman–Crippen LogP) is 4.75. The summed E-state index contributed by atoms with van der Waals surface area (Å²) < 4.78 is 61.7. The number of likely N-dealkylation sites (tertiary alicyclic amines) is 1. The smallest absolute Gasteiger partial charge is 0.447 e. The number of fused-ring (bicyclic) bond motifs is 2. The molecule has 0 aliphatic carbocycles. The first-order valence-corrected chi connectivity index (χ1v) is 12.6. The number of anilines is 2. The van der Waals surface area contributed by atoms with Gasteiger partial charge in [-0.25, -0.2) is 9.37 Å². The van der Waals surface area contributed by atoms with E-state index in [1.54, 1.807) is 24.4 Å². The minimum Gasteiger partial charge on any atom is -0.495 e. The number of ether oxygens (including phenoxy) is 1. The minimum atomic E-state index is -4.54. The monoisotopic (exact) mass is 547 g/mol. The van der Waals surface area contributed by atoms with Crippen molar-refractivity contribution in [3.8, 4) is 17.6 Å². The fourth-order valence-corrected chi connectivity index (χ4v) is 5.07. The quantitative estimate of drug-likeness (QED) is 0.183. The zero-order valence-electron chi connectivity index (χ0n) is 20.6. The van der Waals surface area contributed by atoms with Crippen LogP contribution < -0.4 is 15.4 Å². The van der Waals surface area contributed by atoms with Crippen LogP contribution >= 0.6 is 11.8 Å². The van der Waals surface area contributed by atoms with Crippen molar-refractivity contribution < 1.29 is 22.3 Å². The van der Waals surface area contributed by atoms with Crippen LogP contribution in [0.5, 0.6) is 5.75 Å². The highest BCUT2D eigenvalue weighted by molar-refractivity contribution is 8.00. The summed E-state index contributed by atoms with van der Waals surface area (Å²) in [6.07, 6.45) is 2.62. The fraction of sp³-hybridized carbons (Fsp3) is 0.360. The number of alkyl halides is 4. The van der Waals surface area contributed by atoms with Crippen molar-refractivity contribution >= 4 is 39.7 Å². The van der Waals surface area contributed by atoms with Gasteiger partial charge in [0.1, 0.15) is 22.6 Å². The molecule has 13 heteroatoms. The Morgan fingerprint density at radius 1 is 1.29 bits per heavy atom. The summed E-state index contributed by atoms with van der Waals surface area (Å²) in [5.41, 5.74) is -2.37. The number of hydrogen-bond donors (Lipinski definition) is 3. The number of imidazole rings is 1. The number of aromatic amines is 1. The van der Waals surface area contributed by atoms with E-state index < -0.39 is 17.7 Å². The van der Waals surface area contributed by atoms with Gasteiger partial charge in [-0.2, -0.15) is 18.3 Å². The van der Waals surface area contributed by atoms with E-state index in [2.05, 4.69) is 37.7 Å². The number of hydrogen-bond acceptors (Lipinski definition) is 7. The number of rotatable bonds is 6. The molecule has 3 N–H and O–H groups in total. The highest BCUT2D eigenvalue weighted by atomic mass is 32.2. The minimum absolute atomic E-state index is 0.0131. The van der Waals surface area contributed by atoms with Gasteiger partial charge in [0.2, 0.25) is 0 Å². The Hall–Kier alpha value is -3.63. The fourth-order valence-electron chi connectivity index (χ4n) is 4.41. The summed E-state index contributed by atoms with van der Waals surface area (Å²) in [5.74, 6) is 6.21. The summed E-state index contributed by atoms with van der Waals surface area (Å²) >= 11 is -0.279.